The lowest BCUT2D eigenvalue weighted by Gasteiger charge is -1.98. The number of benzene rings is 2. The number of rotatable bonds is 2. The summed E-state index contributed by atoms with van der Waals surface area (Å²) < 4.78 is 1.27. The number of aromatic nitrogens is 1. The Morgan fingerprint density at radius 1 is 1.06 bits per heavy atom. The highest BCUT2D eigenvalue weighted by Gasteiger charge is 2.03. The lowest BCUT2D eigenvalue weighted by atomic mass is 10.1. The Morgan fingerprint density at radius 2 is 1.94 bits per heavy atom. The van der Waals surface area contributed by atoms with Crippen molar-refractivity contribution in [2.45, 2.75) is 13.3 Å². The number of hydrogen-bond donors (Lipinski definition) is 0. The molecule has 2 aromatic carbocycles. The van der Waals surface area contributed by atoms with Crippen molar-refractivity contribution in [1.82, 2.24) is 4.98 Å². The van der Waals surface area contributed by atoms with Crippen molar-refractivity contribution in [1.29, 1.82) is 0 Å². The molecule has 0 saturated carbocycles. The highest BCUT2D eigenvalue weighted by Crippen LogP contribution is 2.23. The van der Waals surface area contributed by atoms with Gasteiger partial charge in [0, 0.05) is 6.42 Å². The number of para-hydroxylation sites is 1. The van der Waals surface area contributed by atoms with Gasteiger partial charge in [-0.05, 0) is 24.6 Å². The fourth-order valence-electron chi connectivity index (χ4n) is 1.99. The average molecular weight is 239 g/mol. The summed E-state index contributed by atoms with van der Waals surface area (Å²) >= 11 is 1.79. The van der Waals surface area contributed by atoms with E-state index in [-0.39, 0.29) is 0 Å². The number of hydrogen-bond acceptors (Lipinski definition) is 2. The van der Waals surface area contributed by atoms with E-state index in [1.165, 1.54) is 20.8 Å². The van der Waals surface area contributed by atoms with Crippen molar-refractivity contribution in [3.8, 4) is 0 Å². The molecule has 0 fully saturated rings. The highest BCUT2D eigenvalue weighted by molar-refractivity contribution is 7.18. The molecule has 0 N–H and O–H groups in total. The summed E-state index contributed by atoms with van der Waals surface area (Å²) in [6.45, 7) is 2.13. The van der Waals surface area contributed by atoms with Crippen LogP contribution in [0.1, 0.15) is 16.1 Å². The Labute approximate surface area is 105 Å². The van der Waals surface area contributed by atoms with Crippen molar-refractivity contribution in [3.05, 3.63) is 64.7 Å². The van der Waals surface area contributed by atoms with Crippen molar-refractivity contribution in [2.75, 3.05) is 0 Å². The van der Waals surface area contributed by atoms with E-state index < -0.39 is 0 Å². The van der Waals surface area contributed by atoms with Crippen molar-refractivity contribution >= 4 is 21.6 Å². The monoisotopic (exact) mass is 239 g/mol. The zero-order chi connectivity index (χ0) is 11.7. The fraction of sp³-hybridized carbons (Fsp3) is 0.133. The lowest BCUT2D eigenvalue weighted by Crippen LogP contribution is -1.87. The van der Waals surface area contributed by atoms with Gasteiger partial charge in [-0.2, -0.15) is 0 Å². The molecule has 0 saturated heterocycles. The molecule has 1 nitrogen and oxygen atoms in total. The Hall–Kier alpha value is -1.67. The largest absolute Gasteiger partial charge is 0.241 e. The first-order valence-corrected chi connectivity index (χ1v) is 6.53. The predicted molar refractivity (Wildman–Crippen MR) is 73.6 cm³/mol. The Balaban J connectivity index is 1.94. The number of thiazole rings is 1. The molecule has 0 aliphatic heterocycles. The van der Waals surface area contributed by atoms with Gasteiger partial charge in [-0.1, -0.05) is 42.0 Å². The zero-order valence-electron chi connectivity index (χ0n) is 9.68. The van der Waals surface area contributed by atoms with E-state index in [0.29, 0.717) is 0 Å². The molecule has 3 rings (SSSR count). The van der Waals surface area contributed by atoms with Gasteiger partial charge in [-0.3, -0.25) is 0 Å². The van der Waals surface area contributed by atoms with Gasteiger partial charge < -0.3 is 0 Å². The quantitative estimate of drug-likeness (QED) is 0.653. The predicted octanol–water partition coefficient (Wildman–Crippen LogP) is 4.20. The van der Waals surface area contributed by atoms with Gasteiger partial charge in [0.1, 0.15) is 0 Å². The van der Waals surface area contributed by atoms with Crippen LogP contribution in [0.25, 0.3) is 10.2 Å². The van der Waals surface area contributed by atoms with Crippen molar-refractivity contribution in [3.63, 3.8) is 0 Å². The number of nitrogens with zero attached hydrogens (tertiary/aromatic N) is 1. The van der Waals surface area contributed by atoms with E-state index in [2.05, 4.69) is 54.4 Å². The smallest absolute Gasteiger partial charge is 0.0982 e. The summed E-state index contributed by atoms with van der Waals surface area (Å²) in [5, 5.41) is 1.19. The van der Waals surface area contributed by atoms with Gasteiger partial charge in [0.2, 0.25) is 0 Å². The third-order valence-electron chi connectivity index (χ3n) is 2.78. The molecule has 1 aromatic heterocycles. The van der Waals surface area contributed by atoms with Crippen LogP contribution in [0, 0.1) is 6.92 Å². The Morgan fingerprint density at radius 3 is 2.76 bits per heavy atom. The van der Waals surface area contributed by atoms with Gasteiger partial charge in [0.15, 0.2) is 0 Å². The van der Waals surface area contributed by atoms with Crippen LogP contribution in [0.5, 0.6) is 0 Å². The molecule has 0 bridgehead atoms. The van der Waals surface area contributed by atoms with Crippen LogP contribution >= 0.6 is 11.3 Å². The van der Waals surface area contributed by atoms with E-state index in [1.54, 1.807) is 11.3 Å². The standard InChI is InChI=1S/C15H13NS/c1-11-5-4-6-12(9-11)10-15-16-13-7-2-3-8-14(13)17-15/h2-9H,10H2,1H3. The van der Waals surface area contributed by atoms with E-state index in [0.717, 1.165) is 11.9 Å². The first kappa shape index (κ1) is 10.5. The first-order valence-electron chi connectivity index (χ1n) is 5.71. The SMILES string of the molecule is Cc1cccc(Cc2nc3ccccc3s2)c1. The van der Waals surface area contributed by atoms with Crippen LogP contribution in [-0.2, 0) is 6.42 Å². The molecule has 0 aliphatic rings. The Bertz CT molecular complexity index is 622. The molecule has 0 atom stereocenters. The van der Waals surface area contributed by atoms with Gasteiger partial charge in [-0.25, -0.2) is 4.98 Å². The maximum absolute atomic E-state index is 4.66. The normalized spacial score (nSPS) is 10.9. The maximum Gasteiger partial charge on any atom is 0.0982 e. The van der Waals surface area contributed by atoms with Crippen LogP contribution in [0.4, 0.5) is 0 Å². The molecular weight excluding hydrogens is 226 g/mol. The van der Waals surface area contributed by atoms with Gasteiger partial charge in [0.05, 0.1) is 15.2 Å². The van der Waals surface area contributed by atoms with E-state index in [9.17, 15) is 0 Å². The number of aryl methyl sites for hydroxylation is 1. The molecular formula is C15H13NS. The third kappa shape index (κ3) is 2.22. The van der Waals surface area contributed by atoms with Gasteiger partial charge in [0.25, 0.3) is 0 Å². The van der Waals surface area contributed by atoms with Crippen molar-refractivity contribution in [2.24, 2.45) is 0 Å². The van der Waals surface area contributed by atoms with E-state index >= 15 is 0 Å². The minimum atomic E-state index is 0.932. The molecule has 17 heavy (non-hydrogen) atoms. The van der Waals surface area contributed by atoms with E-state index in [1.807, 2.05) is 6.07 Å². The summed E-state index contributed by atoms with van der Waals surface area (Å²) in [7, 11) is 0. The van der Waals surface area contributed by atoms with Crippen LogP contribution in [-0.4, -0.2) is 4.98 Å². The summed E-state index contributed by atoms with van der Waals surface area (Å²) in [5.41, 5.74) is 3.76. The molecule has 0 spiro atoms. The lowest BCUT2D eigenvalue weighted by molar-refractivity contribution is 1.15. The maximum atomic E-state index is 4.66. The topological polar surface area (TPSA) is 12.9 Å². The average Bonchev–Trinajstić information content (AvgIpc) is 2.71. The second-order valence-electron chi connectivity index (χ2n) is 4.24. The van der Waals surface area contributed by atoms with Crippen LogP contribution < -0.4 is 0 Å². The minimum Gasteiger partial charge on any atom is -0.241 e. The summed E-state index contributed by atoms with van der Waals surface area (Å²) in [4.78, 5) is 4.66. The molecule has 0 radical (unpaired) electrons. The molecule has 0 aliphatic carbocycles. The summed E-state index contributed by atoms with van der Waals surface area (Å²) in [6.07, 6.45) is 0.932. The third-order valence-corrected chi connectivity index (χ3v) is 3.81. The molecule has 3 aromatic rings. The summed E-state index contributed by atoms with van der Waals surface area (Å²) in [5.74, 6) is 0. The first-order chi connectivity index (χ1) is 8.31. The van der Waals surface area contributed by atoms with Crippen molar-refractivity contribution < 1.29 is 0 Å². The second-order valence-corrected chi connectivity index (χ2v) is 5.36. The fourth-order valence-corrected chi connectivity index (χ4v) is 2.99. The van der Waals surface area contributed by atoms with Crippen LogP contribution in [0.15, 0.2) is 48.5 Å². The van der Waals surface area contributed by atoms with Gasteiger partial charge >= 0.3 is 0 Å². The zero-order valence-corrected chi connectivity index (χ0v) is 10.5. The van der Waals surface area contributed by atoms with E-state index in [4.69, 9.17) is 0 Å². The number of fused-ring (bicyclic) bond motifs is 1. The van der Waals surface area contributed by atoms with Gasteiger partial charge in [-0.15, -0.1) is 11.3 Å². The molecule has 0 unspecified atom stereocenters. The van der Waals surface area contributed by atoms with Crippen LogP contribution in [0.3, 0.4) is 0 Å². The molecule has 84 valence electrons. The minimum absolute atomic E-state index is 0.932. The molecule has 2 heteroatoms. The van der Waals surface area contributed by atoms with Crippen LogP contribution in [0.2, 0.25) is 0 Å². The Kier molecular flexibility index (Phi) is 2.65. The highest BCUT2D eigenvalue weighted by atomic mass is 32.1. The summed E-state index contributed by atoms with van der Waals surface area (Å²) in [6, 6.07) is 16.9. The molecule has 0 amide bonds. The molecule has 1 heterocycles. The second kappa shape index (κ2) is 4.30.